The van der Waals surface area contributed by atoms with Gasteiger partial charge in [0.15, 0.2) is 0 Å². The summed E-state index contributed by atoms with van der Waals surface area (Å²) >= 11 is 4.85. The van der Waals surface area contributed by atoms with Gasteiger partial charge in [0, 0.05) is 5.56 Å². The molecule has 0 fully saturated rings. The first kappa shape index (κ1) is 14.4. The van der Waals surface area contributed by atoms with E-state index >= 15 is 0 Å². The summed E-state index contributed by atoms with van der Waals surface area (Å²) in [5.41, 5.74) is 6.11. The number of thiocarbonyl (C=S) groups is 1. The van der Waals surface area contributed by atoms with Crippen molar-refractivity contribution >= 4 is 32.9 Å². The van der Waals surface area contributed by atoms with Crippen molar-refractivity contribution in [2.45, 2.75) is 4.90 Å². The molecule has 0 spiro atoms. The van der Waals surface area contributed by atoms with Gasteiger partial charge in [-0.15, -0.1) is 0 Å². The summed E-state index contributed by atoms with van der Waals surface area (Å²) in [6.07, 6.45) is 0. The van der Waals surface area contributed by atoms with Crippen LogP contribution in [0.5, 0.6) is 0 Å². The summed E-state index contributed by atoms with van der Waals surface area (Å²) in [4.78, 5) is -0.380. The van der Waals surface area contributed by atoms with Crippen LogP contribution in [0.3, 0.4) is 0 Å². The Labute approximate surface area is 121 Å². The third-order valence-corrected chi connectivity index (χ3v) is 4.18. The molecule has 0 saturated carbocycles. The number of para-hydroxylation sites is 1. The smallest absolute Gasteiger partial charge is 0.264 e. The van der Waals surface area contributed by atoms with Crippen molar-refractivity contribution in [2.24, 2.45) is 5.73 Å². The number of hydrogen-bond acceptors (Lipinski definition) is 3. The van der Waals surface area contributed by atoms with Crippen LogP contribution in [0.15, 0.2) is 53.4 Å². The average molecular weight is 310 g/mol. The maximum absolute atomic E-state index is 13.6. The van der Waals surface area contributed by atoms with E-state index in [0.29, 0.717) is 5.56 Å². The molecule has 0 radical (unpaired) electrons. The number of nitrogens with two attached hydrogens (primary N) is 1. The van der Waals surface area contributed by atoms with Crippen molar-refractivity contribution in [1.29, 1.82) is 0 Å². The lowest BCUT2D eigenvalue weighted by atomic mass is 10.2. The summed E-state index contributed by atoms with van der Waals surface area (Å²) in [6.45, 7) is 0. The Kier molecular flexibility index (Phi) is 4.01. The molecule has 0 atom stereocenters. The zero-order chi connectivity index (χ0) is 14.8. The number of sulfonamides is 1. The summed E-state index contributed by atoms with van der Waals surface area (Å²) < 4.78 is 40.2. The summed E-state index contributed by atoms with van der Waals surface area (Å²) in [7, 11) is -4.04. The van der Waals surface area contributed by atoms with Crippen molar-refractivity contribution in [1.82, 2.24) is 0 Å². The van der Waals surface area contributed by atoms with Crippen LogP contribution in [0, 0.1) is 5.82 Å². The number of halogens is 1. The van der Waals surface area contributed by atoms with E-state index in [0.717, 1.165) is 6.07 Å². The first-order valence-corrected chi connectivity index (χ1v) is 7.47. The van der Waals surface area contributed by atoms with Crippen molar-refractivity contribution < 1.29 is 12.8 Å². The fourth-order valence-electron chi connectivity index (χ4n) is 1.65. The molecule has 2 rings (SSSR count). The van der Waals surface area contributed by atoms with Crippen molar-refractivity contribution in [2.75, 3.05) is 4.72 Å². The maximum Gasteiger partial charge on any atom is 0.264 e. The minimum Gasteiger partial charge on any atom is -0.389 e. The first-order chi connectivity index (χ1) is 9.42. The second kappa shape index (κ2) is 5.56. The predicted molar refractivity (Wildman–Crippen MR) is 79.5 cm³/mol. The normalized spacial score (nSPS) is 11.1. The molecule has 0 aliphatic heterocycles. The van der Waals surface area contributed by atoms with Gasteiger partial charge in [0.25, 0.3) is 10.0 Å². The van der Waals surface area contributed by atoms with Gasteiger partial charge in [-0.25, -0.2) is 12.8 Å². The molecule has 0 unspecified atom stereocenters. The molecular formula is C13H11FN2O2S2. The Balaban J connectivity index is 2.45. The highest BCUT2D eigenvalue weighted by atomic mass is 32.2. The Bertz CT molecular complexity index is 760. The lowest BCUT2D eigenvalue weighted by Crippen LogP contribution is -2.18. The van der Waals surface area contributed by atoms with E-state index in [-0.39, 0.29) is 10.7 Å². The Hall–Kier alpha value is -1.99. The molecule has 4 nitrogen and oxygen atoms in total. The Morgan fingerprint density at radius 2 is 1.70 bits per heavy atom. The molecule has 0 saturated heterocycles. The van der Waals surface area contributed by atoms with Crippen LogP contribution < -0.4 is 10.5 Å². The number of rotatable bonds is 4. The minimum atomic E-state index is -4.04. The molecule has 104 valence electrons. The molecule has 0 aliphatic rings. The van der Waals surface area contributed by atoms with Gasteiger partial charge in [0.1, 0.15) is 15.7 Å². The molecule has 0 bridgehead atoms. The van der Waals surface area contributed by atoms with E-state index in [2.05, 4.69) is 4.72 Å². The quantitative estimate of drug-likeness (QED) is 0.850. The molecule has 0 aromatic heterocycles. The molecule has 2 aromatic rings. The monoisotopic (exact) mass is 310 g/mol. The van der Waals surface area contributed by atoms with E-state index in [4.69, 9.17) is 18.0 Å². The second-order valence-electron chi connectivity index (χ2n) is 3.95. The zero-order valence-corrected chi connectivity index (χ0v) is 11.8. The van der Waals surface area contributed by atoms with Gasteiger partial charge in [-0.2, -0.15) is 0 Å². The number of benzene rings is 2. The third-order valence-electron chi connectivity index (χ3n) is 2.56. The maximum atomic E-state index is 13.6. The standard InChI is InChI=1S/C13H11FN2O2S2/c14-10-6-2-4-8-12(10)20(17,18)16-11-7-3-1-5-9(11)13(15)19/h1-8,16H,(H2,15,19). The van der Waals surface area contributed by atoms with Crippen LogP contribution in [-0.4, -0.2) is 13.4 Å². The minimum absolute atomic E-state index is 0.0526. The van der Waals surface area contributed by atoms with Crippen LogP contribution in [0.25, 0.3) is 0 Å². The molecule has 20 heavy (non-hydrogen) atoms. The fourth-order valence-corrected chi connectivity index (χ4v) is 2.99. The number of anilines is 1. The van der Waals surface area contributed by atoms with E-state index < -0.39 is 20.7 Å². The van der Waals surface area contributed by atoms with Crippen LogP contribution >= 0.6 is 12.2 Å². The van der Waals surface area contributed by atoms with Gasteiger partial charge < -0.3 is 5.73 Å². The van der Waals surface area contributed by atoms with Crippen molar-refractivity contribution in [3.05, 3.63) is 59.9 Å². The molecule has 7 heteroatoms. The van der Waals surface area contributed by atoms with E-state index in [9.17, 15) is 12.8 Å². The summed E-state index contributed by atoms with van der Waals surface area (Å²) in [6, 6.07) is 11.5. The Morgan fingerprint density at radius 3 is 2.35 bits per heavy atom. The zero-order valence-electron chi connectivity index (χ0n) is 10.2. The topological polar surface area (TPSA) is 72.2 Å². The van der Waals surface area contributed by atoms with Crippen molar-refractivity contribution in [3.8, 4) is 0 Å². The van der Waals surface area contributed by atoms with E-state index in [1.807, 2.05) is 0 Å². The predicted octanol–water partition coefficient (Wildman–Crippen LogP) is 2.26. The van der Waals surface area contributed by atoms with Gasteiger partial charge >= 0.3 is 0 Å². The molecule has 0 heterocycles. The highest BCUT2D eigenvalue weighted by Crippen LogP contribution is 2.21. The summed E-state index contributed by atoms with van der Waals surface area (Å²) in [5.74, 6) is -0.826. The second-order valence-corrected chi connectivity index (χ2v) is 6.04. The van der Waals surface area contributed by atoms with Crippen LogP contribution in [0.4, 0.5) is 10.1 Å². The van der Waals surface area contributed by atoms with Gasteiger partial charge in [-0.1, -0.05) is 36.5 Å². The molecule has 3 N–H and O–H groups in total. The average Bonchev–Trinajstić information content (AvgIpc) is 2.39. The summed E-state index contributed by atoms with van der Waals surface area (Å²) in [5, 5.41) is 0. The Morgan fingerprint density at radius 1 is 1.10 bits per heavy atom. The van der Waals surface area contributed by atoms with Crippen LogP contribution in [0.2, 0.25) is 0 Å². The van der Waals surface area contributed by atoms with Gasteiger partial charge in [-0.3, -0.25) is 4.72 Å². The molecule has 0 amide bonds. The number of hydrogen-bond donors (Lipinski definition) is 2. The molecular weight excluding hydrogens is 299 g/mol. The largest absolute Gasteiger partial charge is 0.389 e. The van der Waals surface area contributed by atoms with E-state index in [1.165, 1.54) is 24.3 Å². The first-order valence-electron chi connectivity index (χ1n) is 5.58. The number of nitrogens with one attached hydrogen (secondary N) is 1. The fraction of sp³-hybridized carbons (Fsp3) is 0. The van der Waals surface area contributed by atoms with Gasteiger partial charge in [0.05, 0.1) is 5.69 Å². The lowest BCUT2D eigenvalue weighted by Gasteiger charge is -2.12. The SMILES string of the molecule is NC(=S)c1ccccc1NS(=O)(=O)c1ccccc1F. The van der Waals surface area contributed by atoms with Gasteiger partial charge in [0.2, 0.25) is 0 Å². The van der Waals surface area contributed by atoms with Crippen LogP contribution in [0.1, 0.15) is 5.56 Å². The highest BCUT2D eigenvalue weighted by molar-refractivity contribution is 7.92. The molecule has 2 aromatic carbocycles. The van der Waals surface area contributed by atoms with Crippen molar-refractivity contribution in [3.63, 3.8) is 0 Å². The van der Waals surface area contributed by atoms with E-state index in [1.54, 1.807) is 18.2 Å². The highest BCUT2D eigenvalue weighted by Gasteiger charge is 2.20. The lowest BCUT2D eigenvalue weighted by molar-refractivity contribution is 0.570. The molecule has 0 aliphatic carbocycles. The van der Waals surface area contributed by atoms with Crippen LogP contribution in [-0.2, 0) is 10.0 Å². The third kappa shape index (κ3) is 2.94. The van der Waals surface area contributed by atoms with Gasteiger partial charge in [-0.05, 0) is 24.3 Å².